The summed E-state index contributed by atoms with van der Waals surface area (Å²) < 4.78 is 0. The Bertz CT molecular complexity index is 669. The number of carboxylic acid groups (broad SMARTS) is 2. The zero-order valence-corrected chi connectivity index (χ0v) is 16.8. The Labute approximate surface area is 172 Å². The zero-order chi connectivity index (χ0) is 23.4. The average molecular weight is 431 g/mol. The molecule has 0 bridgehead atoms. The Morgan fingerprint density at radius 3 is 2.00 bits per heavy atom. The lowest BCUT2D eigenvalue weighted by atomic mass is 9.97. The fourth-order valence-electron chi connectivity index (χ4n) is 2.33. The monoisotopic (exact) mass is 431 g/mol. The van der Waals surface area contributed by atoms with E-state index in [-0.39, 0.29) is 12.8 Å². The van der Waals surface area contributed by atoms with Gasteiger partial charge in [0.05, 0.1) is 12.5 Å². The summed E-state index contributed by atoms with van der Waals surface area (Å²) in [4.78, 5) is 69.6. The summed E-state index contributed by atoms with van der Waals surface area (Å²) in [7, 11) is 0. The molecule has 170 valence electrons. The molecule has 0 saturated carbocycles. The second-order valence-corrected chi connectivity index (χ2v) is 6.75. The molecule has 0 aromatic heterocycles. The van der Waals surface area contributed by atoms with Gasteiger partial charge >= 0.3 is 11.9 Å². The third kappa shape index (κ3) is 10.4. The molecule has 4 amide bonds. The minimum absolute atomic E-state index is 0.195. The van der Waals surface area contributed by atoms with Crippen LogP contribution in [-0.2, 0) is 28.8 Å². The molecule has 30 heavy (non-hydrogen) atoms. The molecule has 13 nitrogen and oxygen atoms in total. The molecule has 9 N–H and O–H groups in total. The number of nitrogens with one attached hydrogen (secondary N) is 3. The van der Waals surface area contributed by atoms with Gasteiger partial charge in [-0.25, -0.2) is 0 Å². The number of rotatable bonds is 14. The smallest absolute Gasteiger partial charge is 0.322 e. The van der Waals surface area contributed by atoms with Crippen molar-refractivity contribution >= 4 is 35.6 Å². The van der Waals surface area contributed by atoms with E-state index in [2.05, 4.69) is 16.0 Å². The van der Waals surface area contributed by atoms with Crippen molar-refractivity contribution in [3.05, 3.63) is 0 Å². The number of carbonyl (C=O) groups is 6. The largest absolute Gasteiger partial charge is 0.481 e. The van der Waals surface area contributed by atoms with Crippen LogP contribution >= 0.6 is 0 Å². The SMILES string of the molecule is CCC(C)C(NC(=O)C(CC(N)=O)NC(=O)C(N)CCC(=O)O)C(=O)NCC(=O)O. The van der Waals surface area contributed by atoms with Crippen molar-refractivity contribution in [2.45, 2.75) is 57.7 Å². The maximum atomic E-state index is 12.6. The molecule has 0 fully saturated rings. The molecule has 0 aliphatic carbocycles. The van der Waals surface area contributed by atoms with Crippen LogP contribution in [0, 0.1) is 5.92 Å². The zero-order valence-electron chi connectivity index (χ0n) is 16.8. The first-order chi connectivity index (χ1) is 13.9. The molecule has 0 spiro atoms. The van der Waals surface area contributed by atoms with Gasteiger partial charge in [-0.05, 0) is 12.3 Å². The number of amides is 4. The van der Waals surface area contributed by atoms with E-state index in [0.29, 0.717) is 6.42 Å². The number of hydrogen-bond acceptors (Lipinski definition) is 7. The van der Waals surface area contributed by atoms with Crippen LogP contribution in [-0.4, -0.2) is 70.5 Å². The fraction of sp³-hybridized carbons (Fsp3) is 0.647. The van der Waals surface area contributed by atoms with Gasteiger partial charge in [0.2, 0.25) is 23.6 Å². The van der Waals surface area contributed by atoms with Gasteiger partial charge in [0.15, 0.2) is 0 Å². The highest BCUT2D eigenvalue weighted by Crippen LogP contribution is 2.09. The maximum absolute atomic E-state index is 12.6. The van der Waals surface area contributed by atoms with Crippen LogP contribution in [0.15, 0.2) is 0 Å². The summed E-state index contributed by atoms with van der Waals surface area (Å²) in [5.74, 6) is -6.26. The second kappa shape index (κ2) is 13.1. The van der Waals surface area contributed by atoms with Gasteiger partial charge in [0.1, 0.15) is 18.6 Å². The predicted octanol–water partition coefficient (Wildman–Crippen LogP) is -2.73. The normalized spacial score (nSPS) is 14.5. The summed E-state index contributed by atoms with van der Waals surface area (Å²) in [6.45, 7) is 2.74. The van der Waals surface area contributed by atoms with Crippen molar-refractivity contribution in [3.8, 4) is 0 Å². The third-order valence-electron chi connectivity index (χ3n) is 4.25. The lowest BCUT2D eigenvalue weighted by Gasteiger charge is -2.26. The van der Waals surface area contributed by atoms with Gasteiger partial charge < -0.3 is 37.6 Å². The molecule has 0 aromatic rings. The molecule has 0 aromatic carbocycles. The van der Waals surface area contributed by atoms with E-state index in [0.717, 1.165) is 0 Å². The van der Waals surface area contributed by atoms with Crippen molar-refractivity contribution in [1.29, 1.82) is 0 Å². The Morgan fingerprint density at radius 2 is 1.53 bits per heavy atom. The Hall–Kier alpha value is -3.22. The number of nitrogens with two attached hydrogens (primary N) is 2. The van der Waals surface area contributed by atoms with Crippen molar-refractivity contribution in [2.24, 2.45) is 17.4 Å². The van der Waals surface area contributed by atoms with E-state index in [9.17, 15) is 28.8 Å². The molecule has 0 radical (unpaired) electrons. The van der Waals surface area contributed by atoms with Gasteiger partial charge in [0, 0.05) is 6.42 Å². The van der Waals surface area contributed by atoms with Gasteiger partial charge in [-0.3, -0.25) is 28.8 Å². The lowest BCUT2D eigenvalue weighted by molar-refractivity contribution is -0.139. The van der Waals surface area contributed by atoms with Gasteiger partial charge in [-0.2, -0.15) is 0 Å². The summed E-state index contributed by atoms with van der Waals surface area (Å²) >= 11 is 0. The summed E-state index contributed by atoms with van der Waals surface area (Å²) in [6.07, 6.45) is -0.703. The van der Waals surface area contributed by atoms with Crippen molar-refractivity contribution in [1.82, 2.24) is 16.0 Å². The van der Waals surface area contributed by atoms with Gasteiger partial charge in [-0.1, -0.05) is 20.3 Å². The van der Waals surface area contributed by atoms with Crippen LogP contribution in [0.2, 0.25) is 0 Å². The van der Waals surface area contributed by atoms with E-state index >= 15 is 0 Å². The number of aliphatic carboxylic acids is 2. The van der Waals surface area contributed by atoms with E-state index in [1.807, 2.05) is 0 Å². The Morgan fingerprint density at radius 1 is 0.933 bits per heavy atom. The van der Waals surface area contributed by atoms with E-state index in [4.69, 9.17) is 21.7 Å². The molecule has 4 atom stereocenters. The molecule has 0 aliphatic rings. The predicted molar refractivity (Wildman–Crippen MR) is 103 cm³/mol. The number of carboxylic acids is 2. The van der Waals surface area contributed by atoms with Crippen LogP contribution in [0.25, 0.3) is 0 Å². The lowest BCUT2D eigenvalue weighted by Crippen LogP contribution is -2.58. The van der Waals surface area contributed by atoms with Crippen molar-refractivity contribution < 1.29 is 39.0 Å². The highest BCUT2D eigenvalue weighted by Gasteiger charge is 2.31. The molecular weight excluding hydrogens is 402 g/mol. The third-order valence-corrected chi connectivity index (χ3v) is 4.25. The molecule has 0 aliphatic heterocycles. The molecule has 0 saturated heterocycles. The van der Waals surface area contributed by atoms with Crippen LogP contribution in [0.1, 0.15) is 39.5 Å². The molecular formula is C17H29N5O8. The number of carbonyl (C=O) groups excluding carboxylic acids is 4. The fourth-order valence-corrected chi connectivity index (χ4v) is 2.33. The average Bonchev–Trinajstić information content (AvgIpc) is 2.66. The first kappa shape index (κ1) is 26.8. The number of primary amides is 1. The Balaban J connectivity index is 5.29. The molecule has 4 unspecified atom stereocenters. The molecule has 0 rings (SSSR count). The summed E-state index contributed by atoms with van der Waals surface area (Å²) in [5.41, 5.74) is 10.7. The second-order valence-electron chi connectivity index (χ2n) is 6.75. The van der Waals surface area contributed by atoms with E-state index in [1.165, 1.54) is 0 Å². The standard InChI is InChI=1S/C17H29N5O8/c1-3-8(2)14(17(30)20-7-13(26)27)22-16(29)10(6-11(19)23)21-15(28)9(18)4-5-12(24)25/h8-10,14H,3-7,18H2,1-2H3,(H2,19,23)(H,20,30)(H,21,28)(H,22,29)(H,24,25)(H,26,27). The Kier molecular flexibility index (Phi) is 11.7. The van der Waals surface area contributed by atoms with Crippen LogP contribution in [0.5, 0.6) is 0 Å². The minimum Gasteiger partial charge on any atom is -0.481 e. The number of hydrogen-bond donors (Lipinski definition) is 7. The van der Waals surface area contributed by atoms with Crippen molar-refractivity contribution in [2.75, 3.05) is 6.54 Å². The van der Waals surface area contributed by atoms with Crippen LogP contribution in [0.3, 0.4) is 0 Å². The summed E-state index contributed by atoms with van der Waals surface area (Å²) in [5, 5.41) is 24.1. The first-order valence-electron chi connectivity index (χ1n) is 9.24. The maximum Gasteiger partial charge on any atom is 0.322 e. The van der Waals surface area contributed by atoms with Crippen molar-refractivity contribution in [3.63, 3.8) is 0 Å². The quantitative estimate of drug-likeness (QED) is 0.151. The highest BCUT2D eigenvalue weighted by molar-refractivity contribution is 5.96. The van der Waals surface area contributed by atoms with E-state index in [1.54, 1.807) is 13.8 Å². The highest BCUT2D eigenvalue weighted by atomic mass is 16.4. The minimum atomic E-state index is -1.45. The van der Waals surface area contributed by atoms with Gasteiger partial charge in [-0.15, -0.1) is 0 Å². The van der Waals surface area contributed by atoms with Crippen LogP contribution < -0.4 is 27.4 Å². The molecule has 0 heterocycles. The summed E-state index contributed by atoms with van der Waals surface area (Å²) in [6, 6.07) is -3.83. The molecule has 13 heteroatoms. The van der Waals surface area contributed by atoms with E-state index < -0.39 is 72.6 Å². The topological polar surface area (TPSA) is 231 Å². The first-order valence-corrected chi connectivity index (χ1v) is 9.24. The van der Waals surface area contributed by atoms with Crippen LogP contribution in [0.4, 0.5) is 0 Å². The van der Waals surface area contributed by atoms with Gasteiger partial charge in [0.25, 0.3) is 0 Å².